The van der Waals surface area contributed by atoms with Gasteiger partial charge in [-0.05, 0) is 137 Å². The highest BCUT2D eigenvalue weighted by molar-refractivity contribution is 8.00. The first kappa shape index (κ1) is 73.9. The predicted molar refractivity (Wildman–Crippen MR) is 321 cm³/mol. The zero-order valence-corrected chi connectivity index (χ0v) is 57.1. The highest BCUT2D eigenvalue weighted by Crippen LogP contribution is 2.63. The van der Waals surface area contributed by atoms with E-state index in [0.29, 0.717) is 12.8 Å². The fourth-order valence-corrected chi connectivity index (χ4v) is 17.2. The van der Waals surface area contributed by atoms with Gasteiger partial charge < -0.3 is 105 Å². The summed E-state index contributed by atoms with van der Waals surface area (Å²) in [5.74, 6) is -2.51. The zero-order chi connectivity index (χ0) is 67.1. The van der Waals surface area contributed by atoms with Crippen molar-refractivity contribution in [1.29, 1.82) is 0 Å². The quantitative estimate of drug-likeness (QED) is 0.0446. The van der Waals surface area contributed by atoms with Crippen LogP contribution in [0.15, 0.2) is 0 Å². The normalized spacial score (nSPS) is 52.0. The lowest BCUT2D eigenvalue weighted by atomic mass is 9.52. The minimum atomic E-state index is -2.21. The number of esters is 1. The summed E-state index contributed by atoms with van der Waals surface area (Å²) in [5.41, 5.74) is -35.4. The van der Waals surface area contributed by atoms with Crippen LogP contribution in [0.1, 0.15) is 185 Å². The summed E-state index contributed by atoms with van der Waals surface area (Å²) in [6, 6.07) is -0.135. The maximum absolute atomic E-state index is 14.0. The lowest BCUT2D eigenvalue weighted by molar-refractivity contribution is -0.417. The number of carbonyl (C=O) groups excluding carboxylic acids is 3. The predicted octanol–water partition coefficient (Wildman–Crippen LogP) is 2.40. The number of unbranched alkanes of at least 4 members (excludes halogenated alkanes) is 1. The molecule has 21 atom stereocenters. The van der Waals surface area contributed by atoms with Crippen LogP contribution in [0.25, 0.3) is 0 Å². The number of carbonyl (C=O) groups is 3. The van der Waals surface area contributed by atoms with Crippen molar-refractivity contribution in [3.05, 3.63) is 0 Å². The van der Waals surface area contributed by atoms with Gasteiger partial charge in [-0.3, -0.25) is 9.59 Å². The molecule has 25 heteroatoms. The minimum Gasteiger partial charge on any atom is -0.431 e. The Kier molecular flexibility index (Phi) is 18.9. The van der Waals surface area contributed by atoms with Gasteiger partial charge in [0.1, 0.15) is 78.4 Å². The fraction of sp³-hybridized carbons (Fsp3) is 0.952. The number of aliphatic hydroxyl groups is 10. The summed E-state index contributed by atoms with van der Waals surface area (Å²) in [6.45, 7) is 30.3. The van der Waals surface area contributed by atoms with Crippen LogP contribution in [-0.4, -0.2) is 240 Å². The Bertz CT molecular complexity index is 2600. The second-order valence-electron chi connectivity index (χ2n) is 31.0. The van der Waals surface area contributed by atoms with E-state index in [1.165, 1.54) is 90.0 Å². The Morgan fingerprint density at radius 1 is 0.506 bits per heavy atom. The monoisotopic (exact) mass is 1270 g/mol. The molecule has 13 N–H and O–H groups in total. The molecule has 6 heterocycles. The minimum absolute atomic E-state index is 0.0000401. The summed E-state index contributed by atoms with van der Waals surface area (Å²) in [5, 5.41) is 130. The first-order chi connectivity index (χ1) is 38.8. The molecular weight excluding hydrogens is 1150 g/mol. The number of amides is 3. The van der Waals surface area contributed by atoms with Crippen LogP contribution in [0.5, 0.6) is 0 Å². The van der Waals surface area contributed by atoms with Gasteiger partial charge in [-0.25, -0.2) is 4.79 Å². The lowest BCUT2D eigenvalue weighted by Gasteiger charge is -2.69. The van der Waals surface area contributed by atoms with Crippen LogP contribution >= 0.6 is 11.8 Å². The van der Waals surface area contributed by atoms with Gasteiger partial charge in [0, 0.05) is 31.3 Å². The van der Waals surface area contributed by atoms with Crippen LogP contribution < -0.4 is 16.0 Å². The molecule has 0 aromatic heterocycles. The van der Waals surface area contributed by atoms with Crippen LogP contribution in [0.4, 0.5) is 4.79 Å². The highest BCUT2D eigenvalue weighted by Gasteiger charge is 2.79. The molecule has 0 aromatic carbocycles. The van der Waals surface area contributed by atoms with E-state index in [4.69, 9.17) is 37.9 Å². The van der Waals surface area contributed by atoms with Crippen molar-refractivity contribution >= 4 is 29.7 Å². The van der Waals surface area contributed by atoms with Crippen molar-refractivity contribution in [3.8, 4) is 0 Å². The van der Waals surface area contributed by atoms with Gasteiger partial charge in [0.15, 0.2) is 0 Å². The number of aliphatic hydroxyl groups excluding tert-OH is 2. The van der Waals surface area contributed by atoms with Gasteiger partial charge in [-0.15, -0.1) is 0 Å². The third-order valence-electron chi connectivity index (χ3n) is 25.3. The molecule has 0 aromatic rings. The summed E-state index contributed by atoms with van der Waals surface area (Å²) in [7, 11) is 0. The average Bonchev–Trinajstić information content (AvgIpc) is 0.983. The molecule has 6 aliphatic heterocycles. The molecule has 0 aliphatic carbocycles. The van der Waals surface area contributed by atoms with Crippen molar-refractivity contribution in [3.63, 3.8) is 0 Å². The summed E-state index contributed by atoms with van der Waals surface area (Å²) < 4.78 is 52.6. The number of hydrogen-bond donors (Lipinski definition) is 13. The Morgan fingerprint density at radius 2 is 0.943 bits per heavy atom. The molecule has 0 saturated carbocycles. The Hall–Kier alpha value is -2.12. The fourth-order valence-electron chi connectivity index (χ4n) is 15.6. The standard InChI is InChI=1S/C62H111N3O21S/c1-37(68)65-53(14)47(8,55(16,72)48(9,29-66)86-62(53,23)82-40(69)27-25-24-26-39-41-38(28-87-39)63-42(70)64-41)33-81-35-51(12)59(20,76)56(17,73)45(6,43(2,3)83-51)31-79-34-50(11)46(7,57(18,74)58(19,75)49(10,30-67)85-50)32-80-36-52(13)60(21,77)61(22,78)54(15,71)44(4,5)84-52/h38-39,41,66-67,71-78H,24-36H2,1-23H3,(H,65,68)(H2,63,64,70)/t38-,39?,41-,45+,46?,47-,48?,49?,50-,51+,52-,53?,54+,55-,56-,57-,58+,59?,60?,61-,62+/m0/s1. The van der Waals surface area contributed by atoms with Gasteiger partial charge in [0.2, 0.25) is 11.7 Å². The highest BCUT2D eigenvalue weighted by atomic mass is 32.2. The Balaban J connectivity index is 1.24. The molecule has 7 unspecified atom stereocenters. The Morgan fingerprint density at radius 3 is 1.45 bits per heavy atom. The number of urea groups is 1. The van der Waals surface area contributed by atoms with E-state index in [0.717, 1.165) is 12.2 Å². The Labute approximate surface area is 519 Å². The number of fused-ring (bicyclic) bond motifs is 1. The van der Waals surface area contributed by atoms with Crippen molar-refractivity contribution in [2.75, 3.05) is 58.6 Å². The van der Waals surface area contributed by atoms with Crippen LogP contribution in [0.2, 0.25) is 0 Å². The second-order valence-corrected chi connectivity index (χ2v) is 32.3. The van der Waals surface area contributed by atoms with Gasteiger partial charge in [-0.1, -0.05) is 27.2 Å². The molecule has 0 bridgehead atoms. The van der Waals surface area contributed by atoms with Gasteiger partial charge in [0.25, 0.3) is 0 Å². The van der Waals surface area contributed by atoms with Crippen molar-refractivity contribution in [2.45, 2.75) is 298 Å². The smallest absolute Gasteiger partial charge is 0.315 e. The molecule has 87 heavy (non-hydrogen) atoms. The van der Waals surface area contributed by atoms with E-state index in [2.05, 4.69) is 16.0 Å². The number of rotatable bonds is 21. The van der Waals surface area contributed by atoms with Crippen molar-refractivity contribution in [2.24, 2.45) is 16.2 Å². The first-order valence-corrected chi connectivity index (χ1v) is 31.6. The molecule has 0 radical (unpaired) electrons. The molecule has 6 saturated heterocycles. The van der Waals surface area contributed by atoms with E-state index in [9.17, 15) is 65.4 Å². The molecule has 6 fully saturated rings. The third kappa shape index (κ3) is 10.3. The van der Waals surface area contributed by atoms with Crippen molar-refractivity contribution < 1.29 is 103 Å². The van der Waals surface area contributed by atoms with Gasteiger partial charge >= 0.3 is 12.0 Å². The maximum Gasteiger partial charge on any atom is 0.315 e. The molecule has 6 rings (SSSR count). The molecule has 24 nitrogen and oxygen atoms in total. The molecule has 3 amide bonds. The zero-order valence-electron chi connectivity index (χ0n) is 56.3. The largest absolute Gasteiger partial charge is 0.431 e. The van der Waals surface area contributed by atoms with E-state index in [1.807, 2.05) is 0 Å². The first-order valence-electron chi connectivity index (χ1n) is 30.6. The molecular formula is C62H111N3O21S. The van der Waals surface area contributed by atoms with Gasteiger partial charge in [0.05, 0.1) is 92.4 Å². The van der Waals surface area contributed by atoms with E-state index >= 15 is 0 Å². The molecule has 0 spiro atoms. The third-order valence-corrected chi connectivity index (χ3v) is 26.9. The van der Waals surface area contributed by atoms with Gasteiger partial charge in [-0.2, -0.15) is 11.8 Å². The number of ether oxygens (including phenoxy) is 8. The summed E-state index contributed by atoms with van der Waals surface area (Å²) in [6.07, 6.45) is 1.79. The lowest BCUT2D eigenvalue weighted by Crippen LogP contribution is -2.86. The van der Waals surface area contributed by atoms with E-state index in [1.54, 1.807) is 81.0 Å². The molecule has 6 aliphatic rings. The van der Waals surface area contributed by atoms with E-state index < -0.39 is 170 Å². The second kappa shape index (κ2) is 22.3. The van der Waals surface area contributed by atoms with Crippen LogP contribution in [0, 0.1) is 16.2 Å². The SMILES string of the molecule is CC(=O)NC1(C)[C@](C)(OC(=O)CCCCC2SC[C@@H]3NC(=O)N[C@H]23)OC(C)(CO)[C@@](C)(O)[C@@]1(C)COC[C@@]1(C)OC(C)(C)[C@@](C)(COC[C@]2(C)OC(C)(CO)[C@@](C)(O)[C@@](C)(O)C2(C)COC[C@]2(C)OC(C)(C)[C@@](C)(O)[C@](C)(O)C2(C)O)[C@](C)(O)C1(C)O. The number of nitrogens with one attached hydrogen (secondary N) is 3. The average molecular weight is 1270 g/mol. The van der Waals surface area contributed by atoms with Crippen LogP contribution in [-0.2, 0) is 47.5 Å². The number of thioether (sulfide) groups is 1. The summed E-state index contributed by atoms with van der Waals surface area (Å²) >= 11 is 1.76. The molecule has 506 valence electrons. The van der Waals surface area contributed by atoms with E-state index in [-0.39, 0.29) is 36.4 Å². The summed E-state index contributed by atoms with van der Waals surface area (Å²) in [4.78, 5) is 39.2. The van der Waals surface area contributed by atoms with Crippen LogP contribution in [0.3, 0.4) is 0 Å². The maximum atomic E-state index is 14.0. The van der Waals surface area contributed by atoms with Crippen molar-refractivity contribution in [1.82, 2.24) is 16.0 Å². The topological polar surface area (TPSA) is 363 Å². The number of hydrogen-bond acceptors (Lipinski definition) is 22.